The lowest BCUT2D eigenvalue weighted by molar-refractivity contribution is 0.0664. The lowest BCUT2D eigenvalue weighted by Crippen LogP contribution is -2.32. The van der Waals surface area contributed by atoms with Gasteiger partial charge in [0.1, 0.15) is 5.82 Å². The summed E-state index contributed by atoms with van der Waals surface area (Å²) < 4.78 is 1.48. The Kier molecular flexibility index (Phi) is 5.07. The van der Waals surface area contributed by atoms with Crippen LogP contribution in [0.5, 0.6) is 0 Å². The number of aromatic nitrogens is 3. The third kappa shape index (κ3) is 3.38. The van der Waals surface area contributed by atoms with E-state index in [1.807, 2.05) is 19.1 Å². The SMILES string of the molecule is Cc1ccc(-n2c(SCCN3C(=O)c4ccccc4C3=O)nc3ccccc3c2=O)nc1. The average Bonchev–Trinajstić information content (AvgIpc) is 3.05. The molecule has 0 atom stereocenters. The molecular formula is C24H18N4O3S. The number of imide groups is 1. The summed E-state index contributed by atoms with van der Waals surface area (Å²) in [6, 6.07) is 17.6. The third-order valence-corrected chi connectivity index (χ3v) is 6.21. The van der Waals surface area contributed by atoms with Gasteiger partial charge in [0.05, 0.1) is 22.0 Å². The maximum Gasteiger partial charge on any atom is 0.267 e. The van der Waals surface area contributed by atoms with Gasteiger partial charge in [-0.05, 0) is 42.8 Å². The zero-order chi connectivity index (χ0) is 22.2. The fourth-order valence-electron chi connectivity index (χ4n) is 3.67. The van der Waals surface area contributed by atoms with Gasteiger partial charge in [-0.1, -0.05) is 42.1 Å². The standard InChI is InChI=1S/C24H18N4O3S/c1-15-10-11-20(25-14-15)28-23(31)18-8-4-5-9-19(18)26-24(28)32-13-12-27-21(29)16-6-2-3-7-17(16)22(27)30/h2-11,14H,12-13H2,1H3. The van der Waals surface area contributed by atoms with Gasteiger partial charge in [-0.3, -0.25) is 19.3 Å². The second-order valence-electron chi connectivity index (χ2n) is 7.40. The highest BCUT2D eigenvalue weighted by Gasteiger charge is 2.34. The molecule has 2 amide bonds. The van der Waals surface area contributed by atoms with Crippen molar-refractivity contribution in [3.63, 3.8) is 0 Å². The molecule has 0 spiro atoms. The van der Waals surface area contributed by atoms with Crippen LogP contribution in [0, 0.1) is 6.92 Å². The van der Waals surface area contributed by atoms with Crippen molar-refractivity contribution in [1.29, 1.82) is 0 Å². The molecule has 32 heavy (non-hydrogen) atoms. The Bertz CT molecular complexity index is 1390. The zero-order valence-corrected chi connectivity index (χ0v) is 18.0. The van der Waals surface area contributed by atoms with Gasteiger partial charge in [0.2, 0.25) is 0 Å². The quantitative estimate of drug-likeness (QED) is 0.267. The first kappa shape index (κ1) is 20.1. The first-order chi connectivity index (χ1) is 15.5. The summed E-state index contributed by atoms with van der Waals surface area (Å²) in [7, 11) is 0. The third-order valence-electron chi connectivity index (χ3n) is 5.29. The molecule has 4 aromatic rings. The summed E-state index contributed by atoms with van der Waals surface area (Å²) >= 11 is 1.31. The molecule has 0 aliphatic carbocycles. The fraction of sp³-hybridized carbons (Fsp3) is 0.125. The van der Waals surface area contributed by atoms with Crippen LogP contribution in [0.2, 0.25) is 0 Å². The summed E-state index contributed by atoms with van der Waals surface area (Å²) in [5.41, 5.74) is 2.20. The molecule has 0 unspecified atom stereocenters. The normalized spacial score (nSPS) is 13.1. The molecule has 7 nitrogen and oxygen atoms in total. The van der Waals surface area contributed by atoms with Crippen molar-refractivity contribution < 1.29 is 9.59 Å². The lowest BCUT2D eigenvalue weighted by atomic mass is 10.1. The molecule has 3 heterocycles. The van der Waals surface area contributed by atoms with Gasteiger partial charge in [-0.15, -0.1) is 0 Å². The second-order valence-corrected chi connectivity index (χ2v) is 8.46. The van der Waals surface area contributed by atoms with Crippen LogP contribution in [0.4, 0.5) is 0 Å². The highest BCUT2D eigenvalue weighted by Crippen LogP contribution is 2.25. The number of carbonyl (C=O) groups is 2. The summed E-state index contributed by atoms with van der Waals surface area (Å²) in [5, 5.41) is 0.959. The molecule has 0 saturated carbocycles. The molecule has 158 valence electrons. The Morgan fingerprint density at radius 1 is 0.875 bits per heavy atom. The molecule has 0 bridgehead atoms. The Labute approximate surface area is 187 Å². The van der Waals surface area contributed by atoms with Crippen LogP contribution < -0.4 is 5.56 Å². The van der Waals surface area contributed by atoms with Crippen molar-refractivity contribution >= 4 is 34.5 Å². The van der Waals surface area contributed by atoms with E-state index in [9.17, 15) is 14.4 Å². The second kappa shape index (κ2) is 8.05. The molecule has 0 saturated heterocycles. The van der Waals surface area contributed by atoms with Gasteiger partial charge < -0.3 is 0 Å². The molecule has 0 radical (unpaired) electrons. The van der Waals surface area contributed by atoms with Crippen LogP contribution in [0.1, 0.15) is 26.3 Å². The number of para-hydroxylation sites is 1. The van der Waals surface area contributed by atoms with Crippen molar-refractivity contribution in [3.8, 4) is 5.82 Å². The highest BCUT2D eigenvalue weighted by molar-refractivity contribution is 7.99. The van der Waals surface area contributed by atoms with E-state index >= 15 is 0 Å². The topological polar surface area (TPSA) is 85.2 Å². The van der Waals surface area contributed by atoms with E-state index in [1.54, 1.807) is 54.7 Å². The Morgan fingerprint density at radius 3 is 2.25 bits per heavy atom. The van der Waals surface area contributed by atoms with Crippen molar-refractivity contribution in [3.05, 3.63) is 93.9 Å². The monoisotopic (exact) mass is 442 g/mol. The summed E-state index contributed by atoms with van der Waals surface area (Å²) in [6.07, 6.45) is 1.70. The minimum Gasteiger partial charge on any atom is -0.273 e. The van der Waals surface area contributed by atoms with E-state index in [4.69, 9.17) is 0 Å². The minimum atomic E-state index is -0.296. The number of benzene rings is 2. The maximum absolute atomic E-state index is 13.3. The van der Waals surface area contributed by atoms with E-state index < -0.39 is 0 Å². The number of aryl methyl sites for hydroxylation is 1. The van der Waals surface area contributed by atoms with Crippen LogP contribution in [-0.2, 0) is 0 Å². The van der Waals surface area contributed by atoms with Gasteiger partial charge in [-0.2, -0.15) is 0 Å². The highest BCUT2D eigenvalue weighted by atomic mass is 32.2. The number of carbonyl (C=O) groups excluding carboxylic acids is 2. The van der Waals surface area contributed by atoms with E-state index in [1.165, 1.54) is 21.2 Å². The molecule has 0 fully saturated rings. The zero-order valence-electron chi connectivity index (χ0n) is 17.2. The molecule has 1 aliphatic heterocycles. The number of thioether (sulfide) groups is 1. The van der Waals surface area contributed by atoms with Crippen molar-refractivity contribution in [1.82, 2.24) is 19.4 Å². The van der Waals surface area contributed by atoms with Gasteiger partial charge >= 0.3 is 0 Å². The number of pyridine rings is 1. The van der Waals surface area contributed by atoms with Crippen molar-refractivity contribution in [2.24, 2.45) is 0 Å². The van der Waals surface area contributed by atoms with Gasteiger partial charge in [0.15, 0.2) is 5.16 Å². The predicted octanol–water partition coefficient (Wildman–Crippen LogP) is 3.48. The number of fused-ring (bicyclic) bond motifs is 2. The molecular weight excluding hydrogens is 424 g/mol. The Balaban J connectivity index is 1.46. The molecule has 5 rings (SSSR count). The lowest BCUT2D eigenvalue weighted by Gasteiger charge is -2.15. The predicted molar refractivity (Wildman–Crippen MR) is 122 cm³/mol. The number of hydrogen-bond donors (Lipinski definition) is 0. The van der Waals surface area contributed by atoms with Crippen LogP contribution in [-0.4, -0.2) is 43.5 Å². The first-order valence-corrected chi connectivity index (χ1v) is 11.1. The molecule has 1 aliphatic rings. The summed E-state index contributed by atoms with van der Waals surface area (Å²) in [5.74, 6) is 0.273. The summed E-state index contributed by atoms with van der Waals surface area (Å²) in [6.45, 7) is 2.14. The number of rotatable bonds is 5. The number of amides is 2. The number of nitrogens with zero attached hydrogens (tertiary/aromatic N) is 4. The van der Waals surface area contributed by atoms with Gasteiger partial charge in [-0.25, -0.2) is 14.5 Å². The van der Waals surface area contributed by atoms with Crippen molar-refractivity contribution in [2.45, 2.75) is 12.1 Å². The Hall–Kier alpha value is -3.78. The average molecular weight is 443 g/mol. The molecule has 2 aromatic carbocycles. The minimum absolute atomic E-state index is 0.209. The van der Waals surface area contributed by atoms with Gasteiger partial charge in [0, 0.05) is 18.5 Å². The Morgan fingerprint density at radius 2 is 1.56 bits per heavy atom. The van der Waals surface area contributed by atoms with Crippen LogP contribution in [0.15, 0.2) is 76.8 Å². The largest absolute Gasteiger partial charge is 0.273 e. The fourth-order valence-corrected chi connectivity index (χ4v) is 4.60. The molecule has 2 aromatic heterocycles. The van der Waals surface area contributed by atoms with Crippen LogP contribution in [0.3, 0.4) is 0 Å². The molecule has 0 N–H and O–H groups in total. The summed E-state index contributed by atoms with van der Waals surface area (Å²) in [4.78, 5) is 48.8. The maximum atomic E-state index is 13.3. The van der Waals surface area contributed by atoms with E-state index in [0.29, 0.717) is 38.8 Å². The van der Waals surface area contributed by atoms with Crippen LogP contribution >= 0.6 is 11.8 Å². The van der Waals surface area contributed by atoms with Crippen LogP contribution in [0.25, 0.3) is 16.7 Å². The smallest absolute Gasteiger partial charge is 0.267 e. The van der Waals surface area contributed by atoms with Crippen molar-refractivity contribution in [2.75, 3.05) is 12.3 Å². The first-order valence-electron chi connectivity index (χ1n) is 10.1. The number of hydrogen-bond acceptors (Lipinski definition) is 6. The van der Waals surface area contributed by atoms with E-state index in [0.717, 1.165) is 5.56 Å². The van der Waals surface area contributed by atoms with E-state index in [-0.39, 0.29) is 23.9 Å². The van der Waals surface area contributed by atoms with E-state index in [2.05, 4.69) is 9.97 Å². The van der Waals surface area contributed by atoms with Gasteiger partial charge in [0.25, 0.3) is 17.4 Å². The molecule has 8 heteroatoms.